The minimum Gasteiger partial charge on any atom is -0.314 e. The van der Waals surface area contributed by atoms with E-state index < -0.39 is 0 Å². The van der Waals surface area contributed by atoms with Crippen LogP contribution in [0.25, 0.3) is 0 Å². The molecule has 1 aliphatic carbocycles. The van der Waals surface area contributed by atoms with Crippen molar-refractivity contribution in [3.63, 3.8) is 0 Å². The van der Waals surface area contributed by atoms with E-state index in [1.54, 1.807) is 0 Å². The molecule has 0 saturated heterocycles. The van der Waals surface area contributed by atoms with Crippen LogP contribution in [0, 0.1) is 3.57 Å². The first-order chi connectivity index (χ1) is 6.34. The van der Waals surface area contributed by atoms with E-state index >= 15 is 0 Å². The Hall–Kier alpha value is -0.100. The normalized spacial score (nSPS) is 16.4. The predicted molar refractivity (Wildman–Crippen MR) is 60.6 cm³/mol. The molecule has 3 nitrogen and oxygen atoms in total. The van der Waals surface area contributed by atoms with Gasteiger partial charge < -0.3 is 5.32 Å². The molecule has 1 fully saturated rings. The van der Waals surface area contributed by atoms with Gasteiger partial charge in [0.15, 0.2) is 0 Å². The molecule has 0 radical (unpaired) electrons. The lowest BCUT2D eigenvalue weighted by atomic mass is 10.4. The largest absolute Gasteiger partial charge is 0.314 e. The second-order valence-electron chi connectivity index (χ2n) is 3.50. The number of hydrogen-bond acceptors (Lipinski definition) is 2. The molecule has 1 N–H and O–H groups in total. The zero-order valence-corrected chi connectivity index (χ0v) is 9.70. The van der Waals surface area contributed by atoms with Crippen LogP contribution in [0.15, 0.2) is 12.4 Å². The van der Waals surface area contributed by atoms with Gasteiger partial charge in [-0.05, 0) is 48.4 Å². The third kappa shape index (κ3) is 3.27. The number of hydrogen-bond donors (Lipinski definition) is 1. The maximum Gasteiger partial charge on any atom is 0.0623 e. The topological polar surface area (TPSA) is 29.9 Å². The molecule has 1 aliphatic rings. The molecule has 0 bridgehead atoms. The summed E-state index contributed by atoms with van der Waals surface area (Å²) in [4.78, 5) is 0. The first-order valence-electron chi connectivity index (χ1n) is 4.76. The molecular formula is C9H14IN3. The van der Waals surface area contributed by atoms with Crippen LogP contribution < -0.4 is 5.32 Å². The van der Waals surface area contributed by atoms with Crippen molar-refractivity contribution in [2.75, 3.05) is 6.54 Å². The van der Waals surface area contributed by atoms with Crippen molar-refractivity contribution in [1.82, 2.24) is 15.1 Å². The Morgan fingerprint density at radius 2 is 2.46 bits per heavy atom. The Morgan fingerprint density at radius 1 is 1.62 bits per heavy atom. The fraction of sp³-hybridized carbons (Fsp3) is 0.667. The van der Waals surface area contributed by atoms with Crippen LogP contribution in [0.3, 0.4) is 0 Å². The van der Waals surface area contributed by atoms with E-state index in [1.807, 2.05) is 10.9 Å². The molecule has 1 aromatic rings. The van der Waals surface area contributed by atoms with Crippen molar-refractivity contribution >= 4 is 22.6 Å². The molecule has 1 heterocycles. The summed E-state index contributed by atoms with van der Waals surface area (Å²) >= 11 is 2.28. The molecule has 1 aromatic heterocycles. The van der Waals surface area contributed by atoms with E-state index in [-0.39, 0.29) is 0 Å². The Bertz CT molecular complexity index is 268. The highest BCUT2D eigenvalue weighted by molar-refractivity contribution is 14.1. The summed E-state index contributed by atoms with van der Waals surface area (Å²) in [5, 5.41) is 7.72. The van der Waals surface area contributed by atoms with Crippen LogP contribution in [-0.2, 0) is 6.54 Å². The fourth-order valence-electron chi connectivity index (χ4n) is 1.30. The summed E-state index contributed by atoms with van der Waals surface area (Å²) in [7, 11) is 0. The molecule has 0 atom stereocenters. The van der Waals surface area contributed by atoms with E-state index in [4.69, 9.17) is 0 Å². The van der Waals surface area contributed by atoms with E-state index in [9.17, 15) is 0 Å². The summed E-state index contributed by atoms with van der Waals surface area (Å²) in [6, 6.07) is 0.831. The zero-order chi connectivity index (χ0) is 9.10. The highest BCUT2D eigenvalue weighted by Crippen LogP contribution is 2.18. The number of halogens is 1. The molecule has 2 rings (SSSR count). The van der Waals surface area contributed by atoms with Crippen molar-refractivity contribution in [1.29, 1.82) is 0 Å². The van der Waals surface area contributed by atoms with Gasteiger partial charge in [0.05, 0.1) is 9.77 Å². The lowest BCUT2D eigenvalue weighted by Crippen LogP contribution is -2.18. The third-order valence-corrected chi connectivity index (χ3v) is 2.73. The average Bonchev–Trinajstić information content (AvgIpc) is 2.84. The molecule has 0 spiro atoms. The van der Waals surface area contributed by atoms with Gasteiger partial charge in [-0.3, -0.25) is 4.68 Å². The number of nitrogens with zero attached hydrogens (tertiary/aromatic N) is 2. The van der Waals surface area contributed by atoms with Gasteiger partial charge in [0, 0.05) is 18.8 Å². The highest BCUT2D eigenvalue weighted by atomic mass is 127. The van der Waals surface area contributed by atoms with Gasteiger partial charge in [0.2, 0.25) is 0 Å². The monoisotopic (exact) mass is 291 g/mol. The molecular weight excluding hydrogens is 277 g/mol. The molecule has 13 heavy (non-hydrogen) atoms. The summed E-state index contributed by atoms with van der Waals surface area (Å²) in [5.41, 5.74) is 0. The number of rotatable bonds is 5. The molecule has 0 aromatic carbocycles. The van der Waals surface area contributed by atoms with Gasteiger partial charge in [-0.1, -0.05) is 0 Å². The number of nitrogens with one attached hydrogen (secondary N) is 1. The van der Waals surface area contributed by atoms with Crippen molar-refractivity contribution in [3.05, 3.63) is 16.0 Å². The first-order valence-corrected chi connectivity index (χ1v) is 5.84. The fourth-order valence-corrected chi connectivity index (χ4v) is 1.74. The lowest BCUT2D eigenvalue weighted by Gasteiger charge is -2.02. The van der Waals surface area contributed by atoms with Crippen LogP contribution in [0.4, 0.5) is 0 Å². The SMILES string of the molecule is Ic1cnn(CCCNC2CC2)c1. The van der Waals surface area contributed by atoms with Gasteiger partial charge in [0.1, 0.15) is 0 Å². The Kier molecular flexibility index (Phi) is 3.21. The second-order valence-corrected chi connectivity index (χ2v) is 4.75. The van der Waals surface area contributed by atoms with Crippen molar-refractivity contribution in [2.45, 2.75) is 31.8 Å². The number of aryl methyl sites for hydroxylation is 1. The van der Waals surface area contributed by atoms with Gasteiger partial charge in [0.25, 0.3) is 0 Å². The van der Waals surface area contributed by atoms with E-state index in [2.05, 4.69) is 39.2 Å². The quantitative estimate of drug-likeness (QED) is 0.660. The highest BCUT2D eigenvalue weighted by Gasteiger charge is 2.19. The molecule has 0 aliphatic heterocycles. The van der Waals surface area contributed by atoms with E-state index in [0.717, 1.165) is 19.1 Å². The lowest BCUT2D eigenvalue weighted by molar-refractivity contribution is 0.542. The minimum atomic E-state index is 0.831. The summed E-state index contributed by atoms with van der Waals surface area (Å²) in [6.07, 6.45) is 7.90. The minimum absolute atomic E-state index is 0.831. The predicted octanol–water partition coefficient (Wildman–Crippen LogP) is 1.63. The summed E-state index contributed by atoms with van der Waals surface area (Å²) < 4.78 is 3.23. The van der Waals surface area contributed by atoms with Gasteiger partial charge in [-0.2, -0.15) is 5.10 Å². The maximum absolute atomic E-state index is 4.23. The van der Waals surface area contributed by atoms with Crippen molar-refractivity contribution in [2.24, 2.45) is 0 Å². The van der Waals surface area contributed by atoms with Gasteiger partial charge in [-0.25, -0.2) is 0 Å². The average molecular weight is 291 g/mol. The smallest absolute Gasteiger partial charge is 0.0623 e. The summed E-state index contributed by atoms with van der Waals surface area (Å²) in [5.74, 6) is 0. The van der Waals surface area contributed by atoms with E-state index in [0.29, 0.717) is 0 Å². The van der Waals surface area contributed by atoms with Crippen LogP contribution >= 0.6 is 22.6 Å². The second kappa shape index (κ2) is 4.41. The standard InChI is InChI=1S/C9H14IN3/c10-8-6-12-13(7-8)5-1-4-11-9-2-3-9/h6-7,9,11H,1-5H2. The summed E-state index contributed by atoms with van der Waals surface area (Å²) in [6.45, 7) is 2.16. The van der Waals surface area contributed by atoms with Crippen molar-refractivity contribution in [3.8, 4) is 0 Å². The maximum atomic E-state index is 4.23. The molecule has 1 saturated carbocycles. The zero-order valence-electron chi connectivity index (χ0n) is 7.54. The van der Waals surface area contributed by atoms with Crippen LogP contribution in [0.5, 0.6) is 0 Å². The Balaban J connectivity index is 1.61. The van der Waals surface area contributed by atoms with Crippen LogP contribution in [0.1, 0.15) is 19.3 Å². The van der Waals surface area contributed by atoms with Crippen molar-refractivity contribution < 1.29 is 0 Å². The molecule has 72 valence electrons. The first kappa shape index (κ1) is 9.45. The third-order valence-electron chi connectivity index (χ3n) is 2.18. The van der Waals surface area contributed by atoms with Crippen LogP contribution in [0.2, 0.25) is 0 Å². The Morgan fingerprint density at radius 3 is 3.08 bits per heavy atom. The molecule has 0 unspecified atom stereocenters. The van der Waals surface area contributed by atoms with Gasteiger partial charge >= 0.3 is 0 Å². The van der Waals surface area contributed by atoms with Crippen LogP contribution in [-0.4, -0.2) is 22.4 Å². The molecule has 4 heteroatoms. The molecule has 0 amide bonds. The van der Waals surface area contributed by atoms with E-state index in [1.165, 1.54) is 22.8 Å². The Labute approximate surface area is 92.0 Å². The van der Waals surface area contributed by atoms with Gasteiger partial charge in [-0.15, -0.1) is 0 Å². The number of aromatic nitrogens is 2.